The van der Waals surface area contributed by atoms with Gasteiger partial charge < -0.3 is 9.84 Å². The average Bonchev–Trinajstić information content (AvgIpc) is 2.49. The zero-order valence-corrected chi connectivity index (χ0v) is 12.5. The van der Waals surface area contributed by atoms with Crippen LogP contribution < -0.4 is 4.74 Å². The van der Waals surface area contributed by atoms with Gasteiger partial charge >= 0.3 is 5.97 Å². The number of hydrogen-bond acceptors (Lipinski definition) is 3. The summed E-state index contributed by atoms with van der Waals surface area (Å²) in [6, 6.07) is 7.71. The number of ether oxygens (including phenoxy) is 1. The number of rotatable bonds is 5. The Labute approximate surface area is 135 Å². The van der Waals surface area contributed by atoms with Crippen molar-refractivity contribution >= 4 is 35.0 Å². The van der Waals surface area contributed by atoms with Gasteiger partial charge in [0.15, 0.2) is 12.4 Å². The molecule has 0 heterocycles. The smallest absolute Gasteiger partial charge is 0.341 e. The molecule has 0 aliphatic heterocycles. The highest BCUT2D eigenvalue weighted by molar-refractivity contribution is 6.45. The lowest BCUT2D eigenvalue weighted by molar-refractivity contribution is -0.139. The van der Waals surface area contributed by atoms with Gasteiger partial charge in [0.25, 0.3) is 0 Å². The summed E-state index contributed by atoms with van der Waals surface area (Å²) < 4.78 is 17.8. The summed E-state index contributed by atoms with van der Waals surface area (Å²) in [5.41, 5.74) is 0.361. The second-order valence-corrected chi connectivity index (χ2v) is 5.01. The van der Waals surface area contributed by atoms with Gasteiger partial charge in [0.2, 0.25) is 0 Å². The molecule has 0 spiro atoms. The Kier molecular flexibility index (Phi) is 5.00. The van der Waals surface area contributed by atoms with Gasteiger partial charge in [-0.05, 0) is 36.4 Å². The van der Waals surface area contributed by atoms with Crippen molar-refractivity contribution in [3.63, 3.8) is 0 Å². The minimum absolute atomic E-state index is 0.0566. The van der Waals surface area contributed by atoms with E-state index in [0.717, 1.165) is 12.1 Å². The quantitative estimate of drug-likeness (QED) is 0.838. The van der Waals surface area contributed by atoms with Crippen molar-refractivity contribution in [2.45, 2.75) is 0 Å². The van der Waals surface area contributed by atoms with Crippen LogP contribution in [0.15, 0.2) is 36.4 Å². The Bertz CT molecular complexity index is 729. The monoisotopic (exact) mass is 342 g/mol. The van der Waals surface area contributed by atoms with Crippen molar-refractivity contribution in [2.75, 3.05) is 6.61 Å². The van der Waals surface area contributed by atoms with Crippen LogP contribution in [0.1, 0.15) is 15.9 Å². The van der Waals surface area contributed by atoms with Crippen LogP contribution in [0.2, 0.25) is 10.0 Å². The predicted molar refractivity (Wildman–Crippen MR) is 79.4 cm³/mol. The fraction of sp³-hybridized carbons (Fsp3) is 0.0667. The maximum atomic E-state index is 12.9. The van der Waals surface area contributed by atoms with Crippen LogP contribution in [-0.2, 0) is 4.79 Å². The topological polar surface area (TPSA) is 63.6 Å². The highest BCUT2D eigenvalue weighted by Gasteiger charge is 2.18. The number of hydrogen-bond donors (Lipinski definition) is 1. The van der Waals surface area contributed by atoms with E-state index in [-0.39, 0.29) is 26.9 Å². The van der Waals surface area contributed by atoms with E-state index in [0.29, 0.717) is 0 Å². The van der Waals surface area contributed by atoms with Gasteiger partial charge in [-0.2, -0.15) is 0 Å². The number of ketones is 1. The maximum Gasteiger partial charge on any atom is 0.341 e. The van der Waals surface area contributed by atoms with Gasteiger partial charge in [-0.3, -0.25) is 4.79 Å². The lowest BCUT2D eigenvalue weighted by Crippen LogP contribution is -2.10. The van der Waals surface area contributed by atoms with Gasteiger partial charge in [-0.15, -0.1) is 0 Å². The van der Waals surface area contributed by atoms with Gasteiger partial charge in [0, 0.05) is 11.1 Å². The van der Waals surface area contributed by atoms with Crippen molar-refractivity contribution in [1.82, 2.24) is 0 Å². The number of benzene rings is 2. The van der Waals surface area contributed by atoms with E-state index in [1.165, 1.54) is 24.3 Å². The summed E-state index contributed by atoms with van der Waals surface area (Å²) >= 11 is 12.0. The standard InChI is InChI=1S/C15H9Cl2FO4/c16-13-10(15(21)8-1-3-9(18)4-2-8)5-6-11(14(13)17)22-7-12(19)20/h1-6H,7H2,(H,19,20). The Balaban J connectivity index is 2.32. The van der Waals surface area contributed by atoms with Crippen LogP contribution in [0.4, 0.5) is 4.39 Å². The third-order valence-corrected chi connectivity index (χ3v) is 3.61. The largest absolute Gasteiger partial charge is 0.480 e. The molecule has 7 heteroatoms. The number of halogens is 3. The molecule has 0 fully saturated rings. The maximum absolute atomic E-state index is 12.9. The van der Waals surface area contributed by atoms with E-state index >= 15 is 0 Å². The second-order valence-electron chi connectivity index (χ2n) is 4.26. The van der Waals surface area contributed by atoms with Crippen molar-refractivity contribution in [1.29, 1.82) is 0 Å². The highest BCUT2D eigenvalue weighted by atomic mass is 35.5. The van der Waals surface area contributed by atoms with E-state index in [4.69, 9.17) is 33.0 Å². The van der Waals surface area contributed by atoms with E-state index < -0.39 is 24.2 Å². The molecule has 22 heavy (non-hydrogen) atoms. The van der Waals surface area contributed by atoms with Crippen LogP contribution in [0, 0.1) is 5.82 Å². The van der Waals surface area contributed by atoms with Gasteiger partial charge in [-0.25, -0.2) is 9.18 Å². The van der Waals surface area contributed by atoms with E-state index in [1.54, 1.807) is 0 Å². The first-order valence-corrected chi connectivity index (χ1v) is 6.78. The summed E-state index contributed by atoms with van der Waals surface area (Å²) in [4.78, 5) is 22.8. The minimum Gasteiger partial charge on any atom is -0.480 e. The molecule has 1 N–H and O–H groups in total. The molecule has 0 unspecified atom stereocenters. The van der Waals surface area contributed by atoms with Crippen molar-refractivity contribution in [3.05, 3.63) is 63.4 Å². The first-order chi connectivity index (χ1) is 10.4. The fourth-order valence-corrected chi connectivity index (χ4v) is 2.18. The summed E-state index contributed by atoms with van der Waals surface area (Å²) in [7, 11) is 0. The third kappa shape index (κ3) is 3.55. The number of carbonyl (C=O) groups is 2. The highest BCUT2D eigenvalue weighted by Crippen LogP contribution is 2.35. The Morgan fingerprint density at radius 2 is 1.68 bits per heavy atom. The Hall–Kier alpha value is -2.11. The van der Waals surface area contributed by atoms with Crippen molar-refractivity contribution in [3.8, 4) is 5.75 Å². The molecule has 0 atom stereocenters. The van der Waals surface area contributed by atoms with E-state index in [9.17, 15) is 14.0 Å². The molecule has 2 rings (SSSR count). The lowest BCUT2D eigenvalue weighted by atomic mass is 10.0. The number of aliphatic carboxylic acids is 1. The summed E-state index contributed by atoms with van der Waals surface area (Å²) in [5, 5.41) is 8.45. The molecular formula is C15H9Cl2FO4. The molecule has 0 bridgehead atoms. The summed E-state index contributed by atoms with van der Waals surface area (Å²) in [6.45, 7) is -0.582. The van der Waals surface area contributed by atoms with Crippen LogP contribution in [-0.4, -0.2) is 23.5 Å². The zero-order valence-electron chi connectivity index (χ0n) is 11.0. The first kappa shape index (κ1) is 16.3. The van der Waals surface area contributed by atoms with Crippen LogP contribution >= 0.6 is 23.2 Å². The Morgan fingerprint density at radius 3 is 2.27 bits per heavy atom. The molecule has 0 radical (unpaired) electrons. The molecule has 4 nitrogen and oxygen atoms in total. The predicted octanol–water partition coefficient (Wildman–Crippen LogP) is 3.83. The fourth-order valence-electron chi connectivity index (χ4n) is 1.71. The van der Waals surface area contributed by atoms with Crippen LogP contribution in [0.3, 0.4) is 0 Å². The number of carbonyl (C=O) groups excluding carboxylic acids is 1. The Morgan fingerprint density at radius 1 is 1.05 bits per heavy atom. The molecular weight excluding hydrogens is 334 g/mol. The third-order valence-electron chi connectivity index (χ3n) is 2.75. The minimum atomic E-state index is -1.17. The molecule has 0 saturated heterocycles. The van der Waals surface area contributed by atoms with Gasteiger partial charge in [0.1, 0.15) is 16.6 Å². The van der Waals surface area contributed by atoms with E-state index in [2.05, 4.69) is 0 Å². The zero-order chi connectivity index (χ0) is 16.3. The second kappa shape index (κ2) is 6.77. The molecule has 0 aliphatic carbocycles. The summed E-state index contributed by atoms with van der Waals surface area (Å²) in [5.74, 6) is -2.00. The van der Waals surface area contributed by atoms with Crippen molar-refractivity contribution in [2.24, 2.45) is 0 Å². The van der Waals surface area contributed by atoms with Crippen LogP contribution in [0.5, 0.6) is 5.75 Å². The lowest BCUT2D eigenvalue weighted by Gasteiger charge is -2.10. The molecule has 2 aromatic carbocycles. The molecule has 0 aliphatic rings. The summed E-state index contributed by atoms with van der Waals surface area (Å²) in [6.07, 6.45) is 0. The molecule has 114 valence electrons. The molecule has 2 aromatic rings. The van der Waals surface area contributed by atoms with Gasteiger partial charge in [0.05, 0.1) is 5.02 Å². The van der Waals surface area contributed by atoms with Gasteiger partial charge in [-0.1, -0.05) is 23.2 Å². The number of carboxylic acid groups (broad SMARTS) is 1. The average molecular weight is 343 g/mol. The number of carboxylic acids is 1. The molecule has 0 aromatic heterocycles. The van der Waals surface area contributed by atoms with Crippen LogP contribution in [0.25, 0.3) is 0 Å². The molecule has 0 saturated carbocycles. The van der Waals surface area contributed by atoms with E-state index in [1.807, 2.05) is 0 Å². The molecule has 0 amide bonds. The normalized spacial score (nSPS) is 10.3. The van der Waals surface area contributed by atoms with Crippen molar-refractivity contribution < 1.29 is 23.8 Å². The first-order valence-electron chi connectivity index (χ1n) is 6.03. The SMILES string of the molecule is O=C(O)COc1ccc(C(=O)c2ccc(F)cc2)c(Cl)c1Cl.